The molecule has 0 aliphatic carbocycles. The number of rotatable bonds is 6. The predicted octanol–water partition coefficient (Wildman–Crippen LogP) is 2.49. The van der Waals surface area contributed by atoms with Gasteiger partial charge in [-0.05, 0) is 18.2 Å². The summed E-state index contributed by atoms with van der Waals surface area (Å²) in [7, 11) is 0. The zero-order valence-electron chi connectivity index (χ0n) is 10.6. The van der Waals surface area contributed by atoms with Crippen molar-refractivity contribution in [1.82, 2.24) is 9.55 Å². The molecular weight excluding hydrogens is 242 g/mol. The van der Waals surface area contributed by atoms with Crippen LogP contribution >= 0.6 is 11.8 Å². The van der Waals surface area contributed by atoms with E-state index in [1.165, 1.54) is 5.56 Å². The van der Waals surface area contributed by atoms with E-state index in [0.717, 1.165) is 24.4 Å². The van der Waals surface area contributed by atoms with Crippen LogP contribution in [-0.4, -0.2) is 21.6 Å². The Morgan fingerprint density at radius 3 is 2.83 bits per heavy atom. The van der Waals surface area contributed by atoms with Crippen LogP contribution in [0.1, 0.15) is 17.3 Å². The molecule has 1 heterocycles. The number of hydrogen-bond acceptors (Lipinski definition) is 3. The van der Waals surface area contributed by atoms with Gasteiger partial charge >= 0.3 is 0 Å². The molecule has 0 amide bonds. The minimum absolute atomic E-state index is 0.0109. The average molecular weight is 261 g/mol. The van der Waals surface area contributed by atoms with Crippen LogP contribution in [0, 0.1) is 0 Å². The van der Waals surface area contributed by atoms with Crippen molar-refractivity contribution in [3.05, 3.63) is 54.1 Å². The molecule has 96 valence electrons. The highest BCUT2D eigenvalue weighted by Gasteiger charge is 2.11. The quantitative estimate of drug-likeness (QED) is 0.869. The second kappa shape index (κ2) is 6.61. The summed E-state index contributed by atoms with van der Waals surface area (Å²) < 4.78 is 2.16. The van der Waals surface area contributed by atoms with Crippen molar-refractivity contribution in [3.63, 3.8) is 0 Å². The Bertz CT molecular complexity index is 467. The Hall–Kier alpha value is -1.26. The molecule has 2 N–H and O–H groups in total. The first-order chi connectivity index (χ1) is 8.81. The van der Waals surface area contributed by atoms with Gasteiger partial charge in [-0.2, -0.15) is 11.8 Å². The number of thioether (sulfide) groups is 1. The van der Waals surface area contributed by atoms with Gasteiger partial charge in [0.2, 0.25) is 0 Å². The largest absolute Gasteiger partial charge is 0.332 e. The van der Waals surface area contributed by atoms with Gasteiger partial charge in [0, 0.05) is 18.5 Å². The van der Waals surface area contributed by atoms with Crippen molar-refractivity contribution >= 4 is 11.8 Å². The Kier molecular flexibility index (Phi) is 4.84. The first-order valence-corrected chi connectivity index (χ1v) is 7.49. The molecule has 1 aromatic heterocycles. The second-order valence-electron chi connectivity index (χ2n) is 4.30. The highest BCUT2D eigenvalue weighted by Crippen LogP contribution is 2.16. The summed E-state index contributed by atoms with van der Waals surface area (Å²) in [6.07, 6.45) is 6.72. The Morgan fingerprint density at radius 2 is 2.11 bits per heavy atom. The van der Waals surface area contributed by atoms with Crippen LogP contribution in [0.25, 0.3) is 0 Å². The average Bonchev–Trinajstić information content (AvgIpc) is 2.86. The van der Waals surface area contributed by atoms with E-state index in [1.54, 1.807) is 0 Å². The summed E-state index contributed by atoms with van der Waals surface area (Å²) in [4.78, 5) is 4.21. The molecular formula is C14H19N3S. The molecule has 0 fully saturated rings. The molecule has 1 aromatic carbocycles. The van der Waals surface area contributed by atoms with Gasteiger partial charge in [0.15, 0.2) is 0 Å². The third-order valence-corrected chi connectivity index (χ3v) is 3.55. The molecule has 4 heteroatoms. The SMILES string of the molecule is CSCCn1cncc1[C@H](N)Cc1ccccc1. The molecule has 0 unspecified atom stereocenters. The number of nitrogens with zero attached hydrogens (tertiary/aromatic N) is 2. The van der Waals surface area contributed by atoms with Gasteiger partial charge < -0.3 is 10.3 Å². The van der Waals surface area contributed by atoms with E-state index in [9.17, 15) is 0 Å². The molecule has 2 aromatic rings. The van der Waals surface area contributed by atoms with E-state index in [4.69, 9.17) is 5.73 Å². The number of hydrogen-bond donors (Lipinski definition) is 1. The molecule has 1 atom stereocenters. The molecule has 0 saturated carbocycles. The van der Waals surface area contributed by atoms with Gasteiger partial charge in [-0.1, -0.05) is 30.3 Å². The second-order valence-corrected chi connectivity index (χ2v) is 5.29. The van der Waals surface area contributed by atoms with Crippen molar-refractivity contribution in [1.29, 1.82) is 0 Å². The van der Waals surface area contributed by atoms with Crippen LogP contribution in [-0.2, 0) is 13.0 Å². The zero-order chi connectivity index (χ0) is 12.8. The zero-order valence-corrected chi connectivity index (χ0v) is 11.4. The lowest BCUT2D eigenvalue weighted by molar-refractivity contribution is 0.623. The summed E-state index contributed by atoms with van der Waals surface area (Å²) in [6, 6.07) is 10.4. The van der Waals surface area contributed by atoms with Crippen LogP contribution in [0.3, 0.4) is 0 Å². The van der Waals surface area contributed by atoms with Gasteiger partial charge in [-0.25, -0.2) is 4.98 Å². The van der Waals surface area contributed by atoms with Crippen molar-refractivity contribution in [2.45, 2.75) is 19.0 Å². The summed E-state index contributed by atoms with van der Waals surface area (Å²) >= 11 is 1.83. The first-order valence-electron chi connectivity index (χ1n) is 6.09. The standard InChI is InChI=1S/C14H19N3S/c1-18-8-7-17-11-16-10-14(17)13(15)9-12-5-3-2-4-6-12/h2-6,10-11,13H,7-9,15H2,1H3/t13-/m1/s1. The van der Waals surface area contributed by atoms with Crippen LogP contribution in [0.15, 0.2) is 42.9 Å². The van der Waals surface area contributed by atoms with Gasteiger partial charge in [0.25, 0.3) is 0 Å². The van der Waals surface area contributed by atoms with E-state index >= 15 is 0 Å². The maximum absolute atomic E-state index is 6.28. The lowest BCUT2D eigenvalue weighted by atomic mass is 10.0. The molecule has 3 nitrogen and oxygen atoms in total. The highest BCUT2D eigenvalue weighted by molar-refractivity contribution is 7.98. The van der Waals surface area contributed by atoms with Gasteiger partial charge in [-0.3, -0.25) is 0 Å². The fraction of sp³-hybridized carbons (Fsp3) is 0.357. The van der Waals surface area contributed by atoms with E-state index in [2.05, 4.69) is 27.9 Å². The fourth-order valence-corrected chi connectivity index (χ4v) is 2.37. The van der Waals surface area contributed by atoms with Crippen molar-refractivity contribution < 1.29 is 0 Å². The predicted molar refractivity (Wildman–Crippen MR) is 77.7 cm³/mol. The smallest absolute Gasteiger partial charge is 0.0948 e. The molecule has 0 radical (unpaired) electrons. The Labute approximate surface area is 112 Å². The number of aromatic nitrogens is 2. The molecule has 0 aliphatic heterocycles. The summed E-state index contributed by atoms with van der Waals surface area (Å²) in [5.41, 5.74) is 8.66. The Balaban J connectivity index is 2.04. The molecule has 0 spiro atoms. The van der Waals surface area contributed by atoms with E-state index < -0.39 is 0 Å². The first kappa shape index (κ1) is 13.2. The normalized spacial score (nSPS) is 12.6. The lowest BCUT2D eigenvalue weighted by Crippen LogP contribution is -2.18. The van der Waals surface area contributed by atoms with Crippen LogP contribution in [0.2, 0.25) is 0 Å². The monoisotopic (exact) mass is 261 g/mol. The maximum Gasteiger partial charge on any atom is 0.0948 e. The van der Waals surface area contributed by atoms with Crippen molar-refractivity contribution in [2.24, 2.45) is 5.73 Å². The number of benzene rings is 1. The maximum atomic E-state index is 6.28. The van der Waals surface area contributed by atoms with Crippen molar-refractivity contribution in [3.8, 4) is 0 Å². The molecule has 2 rings (SSSR count). The highest BCUT2D eigenvalue weighted by atomic mass is 32.2. The lowest BCUT2D eigenvalue weighted by Gasteiger charge is -2.14. The van der Waals surface area contributed by atoms with E-state index in [-0.39, 0.29) is 6.04 Å². The van der Waals surface area contributed by atoms with E-state index in [1.807, 2.05) is 42.5 Å². The fourth-order valence-electron chi connectivity index (χ4n) is 1.99. The summed E-state index contributed by atoms with van der Waals surface area (Å²) in [6.45, 7) is 0.971. The molecule has 18 heavy (non-hydrogen) atoms. The van der Waals surface area contributed by atoms with Gasteiger partial charge in [0.1, 0.15) is 0 Å². The van der Waals surface area contributed by atoms with E-state index in [0.29, 0.717) is 0 Å². The van der Waals surface area contributed by atoms with Crippen LogP contribution < -0.4 is 5.73 Å². The minimum atomic E-state index is 0.0109. The van der Waals surface area contributed by atoms with Crippen LogP contribution in [0.4, 0.5) is 0 Å². The third kappa shape index (κ3) is 3.37. The topological polar surface area (TPSA) is 43.8 Å². The summed E-state index contributed by atoms with van der Waals surface area (Å²) in [5, 5.41) is 0. The number of aryl methyl sites for hydroxylation is 1. The number of imidazole rings is 1. The van der Waals surface area contributed by atoms with Crippen molar-refractivity contribution in [2.75, 3.05) is 12.0 Å². The Morgan fingerprint density at radius 1 is 1.33 bits per heavy atom. The minimum Gasteiger partial charge on any atom is -0.332 e. The number of nitrogens with two attached hydrogens (primary N) is 1. The summed E-state index contributed by atoms with van der Waals surface area (Å²) in [5.74, 6) is 1.08. The molecule has 0 aliphatic rings. The molecule has 0 bridgehead atoms. The van der Waals surface area contributed by atoms with Crippen LogP contribution in [0.5, 0.6) is 0 Å². The molecule has 0 saturated heterocycles. The van der Waals surface area contributed by atoms with Gasteiger partial charge in [-0.15, -0.1) is 0 Å². The third-order valence-electron chi connectivity index (χ3n) is 2.96. The van der Waals surface area contributed by atoms with Gasteiger partial charge in [0.05, 0.1) is 18.1 Å².